The Labute approximate surface area is 315 Å². The molecule has 0 saturated heterocycles. The Morgan fingerprint density at radius 3 is 1.78 bits per heavy atom. The molecule has 2 aromatic heterocycles. The zero-order valence-electron chi connectivity index (χ0n) is 31.1. The SMILES string of the molecule is CCCc1nc(C(C)(C)O)c(C(=O)OCC)n1Cc1ccc(-c2ccccc2-c2nnn(C(c3ccccc3)(c3ccccc3)c3ccccc3)n2)cc1. The highest BCUT2D eigenvalue weighted by atomic mass is 16.5. The van der Waals surface area contributed by atoms with Crippen LogP contribution in [0.1, 0.15) is 78.4 Å². The zero-order valence-corrected chi connectivity index (χ0v) is 31.1. The van der Waals surface area contributed by atoms with Crippen molar-refractivity contribution < 1.29 is 14.6 Å². The third-order valence-electron chi connectivity index (χ3n) is 9.63. The molecule has 7 aromatic rings. The fourth-order valence-electron chi connectivity index (χ4n) is 7.17. The van der Waals surface area contributed by atoms with E-state index in [1.807, 2.05) is 77.4 Å². The number of ether oxygens (including phenoxy) is 1. The van der Waals surface area contributed by atoms with E-state index in [1.54, 1.807) is 25.6 Å². The summed E-state index contributed by atoms with van der Waals surface area (Å²) in [5.41, 5.74) is 5.20. The van der Waals surface area contributed by atoms with Crippen molar-refractivity contribution in [1.82, 2.24) is 29.8 Å². The molecule has 0 amide bonds. The van der Waals surface area contributed by atoms with Gasteiger partial charge in [-0.2, -0.15) is 0 Å². The Kier molecular flexibility index (Phi) is 10.3. The molecule has 0 atom stereocenters. The minimum Gasteiger partial charge on any atom is -0.461 e. The molecule has 5 aromatic carbocycles. The van der Waals surface area contributed by atoms with Gasteiger partial charge in [0, 0.05) is 18.5 Å². The smallest absolute Gasteiger partial charge is 0.357 e. The number of imidazole rings is 1. The Morgan fingerprint density at radius 1 is 0.722 bits per heavy atom. The quantitative estimate of drug-likeness (QED) is 0.0943. The molecule has 272 valence electrons. The van der Waals surface area contributed by atoms with Crippen LogP contribution in [0.2, 0.25) is 0 Å². The number of esters is 1. The van der Waals surface area contributed by atoms with E-state index in [0.717, 1.165) is 51.2 Å². The number of carbonyl (C=O) groups excluding carboxylic acids is 1. The highest BCUT2D eigenvalue weighted by Gasteiger charge is 2.41. The first kappa shape index (κ1) is 36.2. The number of benzene rings is 5. The van der Waals surface area contributed by atoms with Gasteiger partial charge in [-0.25, -0.2) is 9.78 Å². The minimum atomic E-state index is -1.32. The summed E-state index contributed by atoms with van der Waals surface area (Å²) in [7, 11) is 0. The van der Waals surface area contributed by atoms with Crippen LogP contribution in [-0.2, 0) is 28.8 Å². The van der Waals surface area contributed by atoms with Crippen molar-refractivity contribution in [2.45, 2.75) is 58.2 Å². The van der Waals surface area contributed by atoms with E-state index < -0.39 is 17.1 Å². The topological polar surface area (TPSA) is 108 Å². The molecule has 0 fully saturated rings. The maximum Gasteiger partial charge on any atom is 0.357 e. The number of tetrazole rings is 1. The maximum atomic E-state index is 13.2. The van der Waals surface area contributed by atoms with Crippen LogP contribution in [0.25, 0.3) is 22.5 Å². The first-order valence-corrected chi connectivity index (χ1v) is 18.4. The van der Waals surface area contributed by atoms with Crippen LogP contribution in [0.5, 0.6) is 0 Å². The van der Waals surface area contributed by atoms with Gasteiger partial charge in [-0.1, -0.05) is 146 Å². The van der Waals surface area contributed by atoms with E-state index in [4.69, 9.17) is 25.1 Å². The van der Waals surface area contributed by atoms with Crippen LogP contribution in [0.4, 0.5) is 0 Å². The van der Waals surface area contributed by atoms with Crippen LogP contribution in [0.3, 0.4) is 0 Å². The Balaban J connectivity index is 1.28. The summed E-state index contributed by atoms with van der Waals surface area (Å²) in [4.78, 5) is 19.7. The lowest BCUT2D eigenvalue weighted by atomic mass is 9.77. The number of aliphatic hydroxyl groups is 1. The number of hydrogen-bond acceptors (Lipinski definition) is 7. The Hall–Kier alpha value is -6.19. The average molecular weight is 717 g/mol. The Bertz CT molecular complexity index is 2230. The molecule has 2 heterocycles. The van der Waals surface area contributed by atoms with Gasteiger partial charge < -0.3 is 14.4 Å². The molecule has 0 spiro atoms. The van der Waals surface area contributed by atoms with Gasteiger partial charge >= 0.3 is 5.97 Å². The molecule has 0 aliphatic carbocycles. The van der Waals surface area contributed by atoms with Crippen molar-refractivity contribution in [2.24, 2.45) is 0 Å². The monoisotopic (exact) mass is 716 g/mol. The van der Waals surface area contributed by atoms with Gasteiger partial charge in [0.25, 0.3) is 0 Å². The predicted molar refractivity (Wildman–Crippen MR) is 210 cm³/mol. The highest BCUT2D eigenvalue weighted by Crippen LogP contribution is 2.40. The summed E-state index contributed by atoms with van der Waals surface area (Å²) < 4.78 is 7.32. The van der Waals surface area contributed by atoms with Gasteiger partial charge in [-0.15, -0.1) is 15.0 Å². The number of rotatable bonds is 13. The Morgan fingerprint density at radius 2 is 1.26 bits per heavy atom. The van der Waals surface area contributed by atoms with Crippen molar-refractivity contribution in [3.63, 3.8) is 0 Å². The van der Waals surface area contributed by atoms with Crippen molar-refractivity contribution in [3.05, 3.63) is 179 Å². The lowest BCUT2D eigenvalue weighted by Gasteiger charge is -2.34. The third kappa shape index (κ3) is 6.86. The van der Waals surface area contributed by atoms with Gasteiger partial charge in [-0.3, -0.25) is 0 Å². The number of aryl methyl sites for hydroxylation is 1. The van der Waals surface area contributed by atoms with E-state index in [-0.39, 0.29) is 12.3 Å². The molecule has 0 radical (unpaired) electrons. The number of nitrogens with zero attached hydrogens (tertiary/aromatic N) is 6. The molecule has 0 unspecified atom stereocenters. The molecule has 0 bridgehead atoms. The molecule has 1 N–H and O–H groups in total. The van der Waals surface area contributed by atoms with E-state index in [1.165, 1.54) is 0 Å². The van der Waals surface area contributed by atoms with E-state index in [0.29, 0.717) is 24.5 Å². The van der Waals surface area contributed by atoms with E-state index >= 15 is 0 Å². The normalized spacial score (nSPS) is 11.8. The molecule has 0 aliphatic heterocycles. The van der Waals surface area contributed by atoms with Crippen LogP contribution in [-0.4, -0.2) is 47.4 Å². The van der Waals surface area contributed by atoms with Crippen molar-refractivity contribution >= 4 is 5.97 Å². The average Bonchev–Trinajstić information content (AvgIpc) is 3.83. The number of hydrogen-bond donors (Lipinski definition) is 1. The lowest BCUT2D eigenvalue weighted by molar-refractivity contribution is 0.0469. The summed E-state index contributed by atoms with van der Waals surface area (Å²) >= 11 is 0. The summed E-state index contributed by atoms with van der Waals surface area (Å²) in [6.07, 6.45) is 1.49. The van der Waals surface area contributed by atoms with Gasteiger partial charge in [0.15, 0.2) is 11.2 Å². The second-order valence-corrected chi connectivity index (χ2v) is 13.8. The first-order valence-electron chi connectivity index (χ1n) is 18.4. The van der Waals surface area contributed by atoms with Crippen LogP contribution in [0.15, 0.2) is 140 Å². The van der Waals surface area contributed by atoms with Crippen molar-refractivity contribution in [3.8, 4) is 22.5 Å². The standard InChI is InChI=1S/C45H44N6O3/c1-5-18-39-46-41(44(3,4)53)40(43(52)54-6-2)50(39)31-32-27-29-33(30-28-32)37-25-16-17-26-38(37)42-47-49-51(48-42)45(34-19-10-7-11-20-34,35-21-12-8-13-22-35)36-23-14-9-15-24-36/h7-17,19-30,53H,5-6,18,31H2,1-4H3. The fraction of sp³-hybridized carbons (Fsp3) is 0.222. The van der Waals surface area contributed by atoms with Gasteiger partial charge in [0.2, 0.25) is 5.82 Å². The highest BCUT2D eigenvalue weighted by molar-refractivity contribution is 5.89. The summed E-state index contributed by atoms with van der Waals surface area (Å²) in [6.45, 7) is 7.74. The molecular weight excluding hydrogens is 673 g/mol. The summed E-state index contributed by atoms with van der Waals surface area (Å²) in [5.74, 6) is 0.743. The molecule has 9 nitrogen and oxygen atoms in total. The number of aromatic nitrogens is 6. The second-order valence-electron chi connectivity index (χ2n) is 13.8. The van der Waals surface area contributed by atoms with Crippen molar-refractivity contribution in [1.29, 1.82) is 0 Å². The summed E-state index contributed by atoms with van der Waals surface area (Å²) in [5, 5.41) is 25.6. The molecule has 0 aliphatic rings. The second kappa shape index (κ2) is 15.4. The molecule has 0 saturated carbocycles. The first-order chi connectivity index (χ1) is 26.2. The largest absolute Gasteiger partial charge is 0.461 e. The maximum absolute atomic E-state index is 13.2. The molecule has 9 heteroatoms. The fourth-order valence-corrected chi connectivity index (χ4v) is 7.17. The summed E-state index contributed by atoms with van der Waals surface area (Å²) in [6, 6.07) is 47.2. The van der Waals surface area contributed by atoms with E-state index in [2.05, 4.69) is 73.7 Å². The van der Waals surface area contributed by atoms with Crippen LogP contribution in [0, 0.1) is 0 Å². The van der Waals surface area contributed by atoms with Crippen LogP contribution < -0.4 is 0 Å². The zero-order chi connectivity index (χ0) is 37.7. The van der Waals surface area contributed by atoms with E-state index in [9.17, 15) is 9.90 Å². The van der Waals surface area contributed by atoms with Gasteiger partial charge in [0.1, 0.15) is 17.1 Å². The van der Waals surface area contributed by atoms with Gasteiger partial charge in [0.05, 0.1) is 6.61 Å². The molecule has 7 rings (SSSR count). The number of carbonyl (C=O) groups is 1. The molecule has 54 heavy (non-hydrogen) atoms. The van der Waals surface area contributed by atoms with Crippen molar-refractivity contribution in [2.75, 3.05) is 6.61 Å². The van der Waals surface area contributed by atoms with Gasteiger partial charge in [-0.05, 0) is 65.8 Å². The van der Waals surface area contributed by atoms with Crippen LogP contribution >= 0.6 is 0 Å². The predicted octanol–water partition coefficient (Wildman–Crippen LogP) is 8.45. The lowest BCUT2D eigenvalue weighted by Crippen LogP contribution is -2.39. The third-order valence-corrected chi connectivity index (χ3v) is 9.63. The minimum absolute atomic E-state index is 0.223. The molecular formula is C45H44N6O3.